The Bertz CT molecular complexity index is 2030. The second-order valence-electron chi connectivity index (χ2n) is 12.2. The first-order valence-corrected chi connectivity index (χ1v) is 17.5. The second kappa shape index (κ2) is 14.5. The lowest BCUT2D eigenvalue weighted by atomic mass is 9.87. The maximum Gasteiger partial charge on any atom is 0.326 e. The van der Waals surface area contributed by atoms with Gasteiger partial charge >= 0.3 is 5.97 Å². The van der Waals surface area contributed by atoms with Crippen molar-refractivity contribution in [3.05, 3.63) is 142 Å². The molecular formula is C38H35BrN2O6S. The fourth-order valence-electron chi connectivity index (χ4n) is 5.03. The average molecular weight is 728 g/mol. The van der Waals surface area contributed by atoms with Crippen LogP contribution in [0.15, 0.2) is 131 Å². The lowest BCUT2D eigenvalue weighted by molar-refractivity contribution is -0.139. The van der Waals surface area contributed by atoms with Crippen molar-refractivity contribution in [3.8, 4) is 22.6 Å². The number of hydrogen-bond acceptors (Lipinski definition) is 5. The van der Waals surface area contributed by atoms with Gasteiger partial charge in [0.2, 0.25) is 0 Å². The normalized spacial score (nSPS) is 12.2. The summed E-state index contributed by atoms with van der Waals surface area (Å²) in [6.07, 6.45) is -0.00128. The van der Waals surface area contributed by atoms with E-state index in [1.54, 1.807) is 30.3 Å². The lowest BCUT2D eigenvalue weighted by Crippen LogP contribution is -2.42. The standard InChI is InChI=1S/C38H35BrN2O6S/c1-38(2,3)27-17-20-30(21-18-27)48(45,46)41-33-22-19-28(39)24-32(33)36(42)40-34(37(43)44)23-25-13-15-26(16-14-25)31-11-7-8-12-35(31)47-29-9-5-4-6-10-29/h4-22,24,34,41H,23H2,1-3H3,(H,40,42)(H,43,44)/t34-/m0/s1. The van der Waals surface area contributed by atoms with Gasteiger partial charge in [-0.1, -0.05) is 109 Å². The topological polar surface area (TPSA) is 122 Å². The van der Waals surface area contributed by atoms with E-state index in [2.05, 4.69) is 26.0 Å². The molecule has 0 aliphatic carbocycles. The minimum atomic E-state index is -4.06. The van der Waals surface area contributed by atoms with Crippen LogP contribution in [-0.4, -0.2) is 31.4 Å². The summed E-state index contributed by atoms with van der Waals surface area (Å²) in [5.74, 6) is -0.592. The molecule has 5 aromatic rings. The monoisotopic (exact) mass is 726 g/mol. The van der Waals surface area contributed by atoms with Gasteiger partial charge < -0.3 is 15.2 Å². The van der Waals surface area contributed by atoms with Crippen molar-refractivity contribution in [1.82, 2.24) is 5.32 Å². The molecule has 0 saturated heterocycles. The Kier molecular flexibility index (Phi) is 10.4. The predicted molar refractivity (Wildman–Crippen MR) is 191 cm³/mol. The Morgan fingerprint density at radius 2 is 1.48 bits per heavy atom. The Labute approximate surface area is 289 Å². The second-order valence-corrected chi connectivity index (χ2v) is 14.8. The van der Waals surface area contributed by atoms with E-state index in [1.165, 1.54) is 24.3 Å². The van der Waals surface area contributed by atoms with Gasteiger partial charge in [-0.05, 0) is 70.6 Å². The maximum atomic E-state index is 13.5. The highest BCUT2D eigenvalue weighted by atomic mass is 79.9. The third-order valence-electron chi connectivity index (χ3n) is 7.67. The Morgan fingerprint density at radius 1 is 0.833 bits per heavy atom. The smallest absolute Gasteiger partial charge is 0.326 e. The largest absolute Gasteiger partial charge is 0.480 e. The van der Waals surface area contributed by atoms with Gasteiger partial charge in [0.15, 0.2) is 0 Å². The van der Waals surface area contributed by atoms with Crippen LogP contribution in [0, 0.1) is 0 Å². The fraction of sp³-hybridized carbons (Fsp3) is 0.158. The molecule has 0 aliphatic heterocycles. The number of carboxylic acids is 1. The Morgan fingerprint density at radius 3 is 2.12 bits per heavy atom. The van der Waals surface area contributed by atoms with Gasteiger partial charge in [-0.2, -0.15) is 0 Å². The number of rotatable bonds is 11. The summed E-state index contributed by atoms with van der Waals surface area (Å²) in [4.78, 5) is 25.8. The van der Waals surface area contributed by atoms with Crippen molar-refractivity contribution >= 4 is 43.5 Å². The van der Waals surface area contributed by atoms with Crippen molar-refractivity contribution in [1.29, 1.82) is 0 Å². The quantitative estimate of drug-likeness (QED) is 0.126. The highest BCUT2D eigenvalue weighted by molar-refractivity contribution is 9.10. The molecule has 0 bridgehead atoms. The van der Waals surface area contributed by atoms with Crippen molar-refractivity contribution < 1.29 is 27.9 Å². The predicted octanol–water partition coefficient (Wildman–Crippen LogP) is 8.43. The fourth-order valence-corrected chi connectivity index (χ4v) is 6.47. The molecule has 48 heavy (non-hydrogen) atoms. The number of ether oxygens (including phenoxy) is 1. The summed E-state index contributed by atoms with van der Waals surface area (Å²) >= 11 is 3.33. The molecule has 0 fully saturated rings. The Balaban J connectivity index is 1.32. The van der Waals surface area contributed by atoms with E-state index in [0.29, 0.717) is 21.5 Å². The molecule has 0 spiro atoms. The van der Waals surface area contributed by atoms with Crippen LogP contribution in [0.2, 0.25) is 0 Å². The molecule has 0 aromatic heterocycles. The van der Waals surface area contributed by atoms with Gasteiger partial charge in [-0.3, -0.25) is 9.52 Å². The number of para-hydroxylation sites is 2. The summed E-state index contributed by atoms with van der Waals surface area (Å²) in [7, 11) is -4.06. The van der Waals surface area contributed by atoms with Crippen LogP contribution in [0.25, 0.3) is 11.1 Å². The van der Waals surface area contributed by atoms with Crippen LogP contribution in [0.1, 0.15) is 42.3 Å². The molecule has 246 valence electrons. The molecular weight excluding hydrogens is 692 g/mol. The van der Waals surface area contributed by atoms with Crippen molar-refractivity contribution in [2.45, 2.75) is 43.5 Å². The number of anilines is 1. The summed E-state index contributed by atoms with van der Waals surface area (Å²) in [6, 6.07) is 34.2. The first kappa shape index (κ1) is 34.4. The molecule has 0 heterocycles. The summed E-state index contributed by atoms with van der Waals surface area (Å²) in [5.41, 5.74) is 3.23. The third kappa shape index (κ3) is 8.50. The third-order valence-corrected chi connectivity index (χ3v) is 9.54. The van der Waals surface area contributed by atoms with Crippen molar-refractivity contribution in [3.63, 3.8) is 0 Å². The van der Waals surface area contributed by atoms with Gasteiger partial charge in [-0.15, -0.1) is 0 Å². The first-order valence-electron chi connectivity index (χ1n) is 15.2. The molecule has 3 N–H and O–H groups in total. The summed E-state index contributed by atoms with van der Waals surface area (Å²) < 4.78 is 35.7. The van der Waals surface area contributed by atoms with Crippen LogP contribution < -0.4 is 14.8 Å². The van der Waals surface area contributed by atoms with E-state index in [9.17, 15) is 23.1 Å². The van der Waals surface area contributed by atoms with E-state index >= 15 is 0 Å². The molecule has 1 amide bonds. The minimum Gasteiger partial charge on any atom is -0.480 e. The maximum absolute atomic E-state index is 13.5. The van der Waals surface area contributed by atoms with Gasteiger partial charge in [0.05, 0.1) is 16.1 Å². The van der Waals surface area contributed by atoms with Crippen LogP contribution in [0.3, 0.4) is 0 Å². The highest BCUT2D eigenvalue weighted by Crippen LogP contribution is 2.33. The van der Waals surface area contributed by atoms with E-state index in [4.69, 9.17) is 4.74 Å². The number of hydrogen-bond donors (Lipinski definition) is 3. The number of benzene rings is 5. The van der Waals surface area contributed by atoms with Crippen LogP contribution in [-0.2, 0) is 26.7 Å². The summed E-state index contributed by atoms with van der Waals surface area (Å²) in [6.45, 7) is 6.09. The number of amides is 1. The average Bonchev–Trinajstić information content (AvgIpc) is 3.06. The minimum absolute atomic E-state index is 0.00128. The number of sulfonamides is 1. The molecule has 8 nitrogen and oxygen atoms in total. The first-order chi connectivity index (χ1) is 22.8. The number of carboxylic acid groups (broad SMARTS) is 1. The van der Waals surface area contributed by atoms with Crippen molar-refractivity contribution in [2.75, 3.05) is 4.72 Å². The van der Waals surface area contributed by atoms with Gasteiger partial charge in [-0.25, -0.2) is 13.2 Å². The van der Waals surface area contributed by atoms with Crippen LogP contribution in [0.4, 0.5) is 5.69 Å². The van der Waals surface area contributed by atoms with E-state index in [1.807, 2.05) is 87.5 Å². The molecule has 5 aromatic carbocycles. The molecule has 0 unspecified atom stereocenters. The number of carbonyl (C=O) groups is 2. The van der Waals surface area contributed by atoms with E-state index in [0.717, 1.165) is 16.7 Å². The van der Waals surface area contributed by atoms with E-state index in [-0.39, 0.29) is 28.0 Å². The van der Waals surface area contributed by atoms with Gasteiger partial charge in [0.1, 0.15) is 17.5 Å². The SMILES string of the molecule is CC(C)(C)c1ccc(S(=O)(=O)Nc2ccc(Br)cc2C(=O)N[C@@H](Cc2ccc(-c3ccccc3Oc3ccccc3)cc2)C(=O)O)cc1. The number of halogens is 1. The zero-order valence-electron chi connectivity index (χ0n) is 26.6. The highest BCUT2D eigenvalue weighted by Gasteiger charge is 2.25. The zero-order chi connectivity index (χ0) is 34.5. The van der Waals surface area contributed by atoms with Gasteiger partial charge in [0, 0.05) is 16.5 Å². The molecule has 10 heteroatoms. The number of aliphatic carboxylic acids is 1. The molecule has 0 radical (unpaired) electrons. The van der Waals surface area contributed by atoms with E-state index < -0.39 is 27.9 Å². The van der Waals surface area contributed by atoms with Gasteiger partial charge in [0.25, 0.3) is 15.9 Å². The van der Waals surface area contributed by atoms with Crippen LogP contribution in [0.5, 0.6) is 11.5 Å². The van der Waals surface area contributed by atoms with Crippen molar-refractivity contribution in [2.24, 2.45) is 0 Å². The molecule has 0 aliphatic rings. The number of carbonyl (C=O) groups excluding carboxylic acids is 1. The number of nitrogens with one attached hydrogen (secondary N) is 2. The molecule has 5 rings (SSSR count). The molecule has 0 saturated carbocycles. The Hall–Kier alpha value is -4.93. The lowest BCUT2D eigenvalue weighted by Gasteiger charge is -2.20. The summed E-state index contributed by atoms with van der Waals surface area (Å²) in [5, 5.41) is 12.6. The van der Waals surface area contributed by atoms with Crippen LogP contribution >= 0.6 is 15.9 Å². The molecule has 1 atom stereocenters. The zero-order valence-corrected chi connectivity index (χ0v) is 29.0.